The van der Waals surface area contributed by atoms with Crippen LogP contribution in [0.4, 0.5) is 10.5 Å². The van der Waals surface area contributed by atoms with Crippen LogP contribution in [0.3, 0.4) is 0 Å². The van der Waals surface area contributed by atoms with E-state index in [0.29, 0.717) is 35.9 Å². The topological polar surface area (TPSA) is 80.8 Å². The number of nitrogens with one attached hydrogen (secondary N) is 1. The van der Waals surface area contributed by atoms with Crippen LogP contribution in [0.1, 0.15) is 37.7 Å². The molecule has 2 heterocycles. The number of aryl methyl sites for hydroxylation is 1. The highest BCUT2D eigenvalue weighted by molar-refractivity contribution is 6.23. The first-order valence-electron chi connectivity index (χ1n) is 9.48. The van der Waals surface area contributed by atoms with E-state index in [4.69, 9.17) is 9.47 Å². The molecule has 7 nitrogen and oxygen atoms in total. The molecule has 3 amide bonds. The van der Waals surface area contributed by atoms with E-state index < -0.39 is 5.54 Å². The second-order valence-corrected chi connectivity index (χ2v) is 7.30. The van der Waals surface area contributed by atoms with Gasteiger partial charge in [-0.05, 0) is 37.5 Å². The Morgan fingerprint density at radius 3 is 2.64 bits per heavy atom. The average Bonchev–Trinajstić information content (AvgIpc) is 2.93. The number of rotatable bonds is 4. The monoisotopic (exact) mass is 381 g/mol. The van der Waals surface area contributed by atoms with Crippen molar-refractivity contribution >= 4 is 17.6 Å². The van der Waals surface area contributed by atoms with Crippen LogP contribution in [0.15, 0.2) is 36.5 Å². The fourth-order valence-electron chi connectivity index (χ4n) is 3.93. The van der Waals surface area contributed by atoms with E-state index in [-0.39, 0.29) is 11.9 Å². The van der Waals surface area contributed by atoms with Gasteiger partial charge in [0.25, 0.3) is 5.91 Å². The van der Waals surface area contributed by atoms with Gasteiger partial charge in [0.1, 0.15) is 17.0 Å². The largest absolute Gasteiger partial charge is 0.496 e. The van der Waals surface area contributed by atoms with Crippen LogP contribution in [-0.2, 0) is 4.79 Å². The molecule has 1 aromatic carbocycles. The third-order valence-electron chi connectivity index (χ3n) is 5.45. The Morgan fingerprint density at radius 2 is 1.89 bits per heavy atom. The van der Waals surface area contributed by atoms with E-state index >= 15 is 0 Å². The third kappa shape index (κ3) is 3.17. The molecular formula is C21H23N3O4. The zero-order valence-electron chi connectivity index (χ0n) is 16.0. The highest BCUT2D eigenvalue weighted by atomic mass is 16.5. The van der Waals surface area contributed by atoms with Gasteiger partial charge in [0, 0.05) is 18.3 Å². The fraction of sp³-hybridized carbons (Fsp3) is 0.381. The summed E-state index contributed by atoms with van der Waals surface area (Å²) < 4.78 is 11.1. The van der Waals surface area contributed by atoms with Gasteiger partial charge in [-0.15, -0.1) is 0 Å². The van der Waals surface area contributed by atoms with Crippen molar-refractivity contribution < 1.29 is 19.1 Å². The van der Waals surface area contributed by atoms with Crippen LogP contribution in [0.5, 0.6) is 17.4 Å². The lowest BCUT2D eigenvalue weighted by Crippen LogP contribution is -2.48. The first-order chi connectivity index (χ1) is 13.5. The predicted octanol–water partition coefficient (Wildman–Crippen LogP) is 3.95. The van der Waals surface area contributed by atoms with Crippen molar-refractivity contribution in [1.82, 2.24) is 10.3 Å². The van der Waals surface area contributed by atoms with Gasteiger partial charge in [0.05, 0.1) is 12.8 Å². The maximum atomic E-state index is 13.0. The Morgan fingerprint density at radius 1 is 1.11 bits per heavy atom. The first kappa shape index (κ1) is 18.3. The highest BCUT2D eigenvalue weighted by Gasteiger charge is 2.51. The number of hydrogen-bond acceptors (Lipinski definition) is 5. The molecular weight excluding hydrogens is 358 g/mol. The lowest BCUT2D eigenvalue weighted by atomic mass is 9.82. The summed E-state index contributed by atoms with van der Waals surface area (Å²) in [6.45, 7) is 1.94. The molecule has 0 atom stereocenters. The molecule has 7 heteroatoms. The molecule has 2 aliphatic rings. The van der Waals surface area contributed by atoms with Crippen molar-refractivity contribution in [3.63, 3.8) is 0 Å². The molecule has 28 heavy (non-hydrogen) atoms. The first-order valence-corrected chi connectivity index (χ1v) is 9.48. The van der Waals surface area contributed by atoms with E-state index in [0.717, 1.165) is 24.8 Å². The minimum absolute atomic E-state index is 0.189. The van der Waals surface area contributed by atoms with Gasteiger partial charge in [-0.1, -0.05) is 25.3 Å². The van der Waals surface area contributed by atoms with Gasteiger partial charge in [0.2, 0.25) is 5.88 Å². The average molecular weight is 381 g/mol. The quantitative estimate of drug-likeness (QED) is 0.811. The Labute approximate surface area is 163 Å². The summed E-state index contributed by atoms with van der Waals surface area (Å²) in [4.78, 5) is 31.0. The van der Waals surface area contributed by atoms with Crippen molar-refractivity contribution in [2.24, 2.45) is 0 Å². The molecule has 1 saturated carbocycles. The molecule has 0 bridgehead atoms. The lowest BCUT2D eigenvalue weighted by Gasteiger charge is -2.30. The molecule has 1 aromatic heterocycles. The SMILES string of the molecule is COc1cc(Oc2cc(N3C(=O)NC4(CCCCC4)C3=O)ccn2)ccc1C. The molecule has 1 aliphatic carbocycles. The molecule has 0 unspecified atom stereocenters. The van der Waals surface area contributed by atoms with Crippen LogP contribution in [-0.4, -0.2) is 29.6 Å². The molecule has 1 aliphatic heterocycles. The van der Waals surface area contributed by atoms with Crippen molar-refractivity contribution in [2.75, 3.05) is 12.0 Å². The Hall–Kier alpha value is -3.09. The van der Waals surface area contributed by atoms with Crippen LogP contribution in [0.25, 0.3) is 0 Å². The van der Waals surface area contributed by atoms with Gasteiger partial charge >= 0.3 is 6.03 Å². The van der Waals surface area contributed by atoms with E-state index in [1.807, 2.05) is 19.1 Å². The zero-order valence-corrected chi connectivity index (χ0v) is 16.0. The van der Waals surface area contributed by atoms with E-state index in [1.54, 1.807) is 25.3 Å². The van der Waals surface area contributed by atoms with Gasteiger partial charge in [-0.2, -0.15) is 0 Å². The third-order valence-corrected chi connectivity index (χ3v) is 5.45. The number of anilines is 1. The van der Waals surface area contributed by atoms with E-state index in [1.165, 1.54) is 11.1 Å². The van der Waals surface area contributed by atoms with Crippen molar-refractivity contribution in [2.45, 2.75) is 44.6 Å². The number of pyridine rings is 1. The van der Waals surface area contributed by atoms with Gasteiger partial charge < -0.3 is 14.8 Å². The van der Waals surface area contributed by atoms with Gasteiger partial charge in [-0.3, -0.25) is 4.79 Å². The number of carbonyl (C=O) groups excluding carboxylic acids is 2. The van der Waals surface area contributed by atoms with E-state index in [9.17, 15) is 9.59 Å². The number of urea groups is 1. The maximum absolute atomic E-state index is 13.0. The van der Waals surface area contributed by atoms with Gasteiger partial charge in [-0.25, -0.2) is 14.7 Å². The number of ether oxygens (including phenoxy) is 2. The number of methoxy groups -OCH3 is 1. The highest BCUT2D eigenvalue weighted by Crippen LogP contribution is 2.36. The summed E-state index contributed by atoms with van der Waals surface area (Å²) in [6.07, 6.45) is 5.89. The van der Waals surface area contributed by atoms with Crippen molar-refractivity contribution in [3.05, 3.63) is 42.1 Å². The number of amides is 3. The number of hydrogen-bond donors (Lipinski definition) is 1. The van der Waals surface area contributed by atoms with Gasteiger partial charge in [0.15, 0.2) is 0 Å². The van der Waals surface area contributed by atoms with Crippen LogP contribution in [0.2, 0.25) is 0 Å². The molecule has 0 radical (unpaired) electrons. The zero-order chi connectivity index (χ0) is 19.7. The summed E-state index contributed by atoms with van der Waals surface area (Å²) in [5.74, 6) is 1.38. The molecule has 2 aromatic rings. The molecule has 4 rings (SSSR count). The standard InChI is InChI=1S/C21H23N3O4/c1-14-6-7-16(13-17(14)27-2)28-18-12-15(8-11-22-18)24-19(25)21(23-20(24)26)9-4-3-5-10-21/h6-8,11-13H,3-5,9-10H2,1-2H3,(H,23,26). The number of nitrogens with zero attached hydrogens (tertiary/aromatic N) is 2. The summed E-state index contributed by atoms with van der Waals surface area (Å²) in [5.41, 5.74) is 0.687. The summed E-state index contributed by atoms with van der Waals surface area (Å²) in [5, 5.41) is 2.92. The van der Waals surface area contributed by atoms with Crippen molar-refractivity contribution in [3.8, 4) is 17.4 Å². The lowest BCUT2D eigenvalue weighted by molar-refractivity contribution is -0.123. The molecule has 1 N–H and O–H groups in total. The summed E-state index contributed by atoms with van der Waals surface area (Å²) >= 11 is 0. The fourth-order valence-corrected chi connectivity index (χ4v) is 3.93. The van der Waals surface area contributed by atoms with Crippen molar-refractivity contribution in [1.29, 1.82) is 0 Å². The second-order valence-electron chi connectivity index (χ2n) is 7.30. The smallest absolute Gasteiger partial charge is 0.329 e. The summed E-state index contributed by atoms with van der Waals surface area (Å²) in [7, 11) is 1.60. The molecule has 1 spiro atoms. The molecule has 1 saturated heterocycles. The maximum Gasteiger partial charge on any atom is 0.329 e. The molecule has 2 fully saturated rings. The number of imide groups is 1. The number of aromatic nitrogens is 1. The van der Waals surface area contributed by atoms with Crippen LogP contribution in [0, 0.1) is 6.92 Å². The Bertz CT molecular complexity index is 922. The van der Waals surface area contributed by atoms with Crippen LogP contribution < -0.4 is 19.7 Å². The minimum Gasteiger partial charge on any atom is -0.496 e. The summed E-state index contributed by atoms with van der Waals surface area (Å²) in [6, 6.07) is 8.34. The Kier molecular flexibility index (Phi) is 4.66. The predicted molar refractivity (Wildman–Crippen MR) is 104 cm³/mol. The molecule has 146 valence electrons. The van der Waals surface area contributed by atoms with Crippen LogP contribution >= 0.6 is 0 Å². The second kappa shape index (κ2) is 7.14. The Balaban J connectivity index is 1.59. The van der Waals surface area contributed by atoms with E-state index in [2.05, 4.69) is 10.3 Å². The minimum atomic E-state index is -0.760. The normalized spacial score (nSPS) is 18.3. The number of benzene rings is 1. The number of carbonyl (C=O) groups is 2.